The zero-order valence-electron chi connectivity index (χ0n) is 16.4. The van der Waals surface area contributed by atoms with Crippen molar-refractivity contribution in [2.45, 2.75) is 38.3 Å². The SMILES string of the molecule is CNc1nc(-c2ccc(C(=O)N3CC(N4CCCCC4C)C3)cc2)ncc1F. The summed E-state index contributed by atoms with van der Waals surface area (Å²) in [4.78, 5) is 25.4. The molecule has 0 bridgehead atoms. The average Bonchev–Trinajstić information content (AvgIpc) is 2.69. The summed E-state index contributed by atoms with van der Waals surface area (Å²) in [5.74, 6) is 0.147. The van der Waals surface area contributed by atoms with Gasteiger partial charge in [0.15, 0.2) is 17.5 Å². The maximum Gasteiger partial charge on any atom is 0.253 e. The van der Waals surface area contributed by atoms with Gasteiger partial charge in [0.05, 0.1) is 6.20 Å². The number of rotatable bonds is 4. The molecule has 1 aromatic heterocycles. The van der Waals surface area contributed by atoms with E-state index in [2.05, 4.69) is 27.1 Å². The zero-order chi connectivity index (χ0) is 19.7. The van der Waals surface area contributed by atoms with Crippen LogP contribution in [0.25, 0.3) is 11.4 Å². The Bertz CT molecular complexity index is 850. The first-order valence-electron chi connectivity index (χ1n) is 9.92. The van der Waals surface area contributed by atoms with Gasteiger partial charge in [-0.25, -0.2) is 14.4 Å². The standard InChI is InChI=1S/C21H26FN5O/c1-14-5-3-4-10-27(14)17-12-26(13-17)21(28)16-8-6-15(7-9-16)19-24-11-18(22)20(23-2)25-19/h6-9,11,14,17H,3-5,10,12-13H2,1-2H3,(H,23,24,25). The molecule has 7 heteroatoms. The van der Waals surface area contributed by atoms with Crippen molar-refractivity contribution < 1.29 is 9.18 Å². The minimum absolute atomic E-state index is 0.0587. The van der Waals surface area contributed by atoms with Gasteiger partial charge >= 0.3 is 0 Å². The summed E-state index contributed by atoms with van der Waals surface area (Å²) in [6.45, 7) is 5.04. The zero-order valence-corrected chi connectivity index (χ0v) is 16.4. The molecule has 2 aromatic rings. The van der Waals surface area contributed by atoms with Crippen LogP contribution in [0.1, 0.15) is 36.5 Å². The second-order valence-electron chi connectivity index (χ2n) is 7.66. The van der Waals surface area contributed by atoms with Gasteiger partial charge in [-0.2, -0.15) is 0 Å². The fourth-order valence-corrected chi connectivity index (χ4v) is 4.12. The van der Waals surface area contributed by atoms with Crippen LogP contribution in [0.5, 0.6) is 0 Å². The molecule has 2 aliphatic rings. The number of carbonyl (C=O) groups is 1. The number of carbonyl (C=O) groups excluding carboxylic acids is 1. The minimum atomic E-state index is -0.492. The van der Waals surface area contributed by atoms with E-state index in [9.17, 15) is 9.18 Å². The molecule has 0 aliphatic carbocycles. The Balaban J connectivity index is 1.40. The molecule has 3 heterocycles. The number of halogens is 1. The van der Waals surface area contributed by atoms with Crippen molar-refractivity contribution in [1.82, 2.24) is 19.8 Å². The monoisotopic (exact) mass is 383 g/mol. The predicted octanol–water partition coefficient (Wildman–Crippen LogP) is 3.02. The van der Waals surface area contributed by atoms with Gasteiger partial charge in [0.25, 0.3) is 5.91 Å². The number of aromatic nitrogens is 2. The molecule has 0 saturated carbocycles. The molecule has 0 radical (unpaired) electrons. The van der Waals surface area contributed by atoms with Gasteiger partial charge in [-0.15, -0.1) is 0 Å². The summed E-state index contributed by atoms with van der Waals surface area (Å²) in [5, 5.41) is 2.71. The van der Waals surface area contributed by atoms with Crippen molar-refractivity contribution in [2.75, 3.05) is 32.0 Å². The molecule has 6 nitrogen and oxygen atoms in total. The van der Waals surface area contributed by atoms with Crippen LogP contribution in [0.2, 0.25) is 0 Å². The maximum absolute atomic E-state index is 13.5. The van der Waals surface area contributed by atoms with Crippen LogP contribution in [-0.4, -0.2) is 64.4 Å². The number of piperidine rings is 1. The summed E-state index contributed by atoms with van der Waals surface area (Å²) < 4.78 is 13.5. The van der Waals surface area contributed by atoms with E-state index in [1.54, 1.807) is 19.2 Å². The highest BCUT2D eigenvalue weighted by molar-refractivity contribution is 5.95. The van der Waals surface area contributed by atoms with Gasteiger partial charge in [0.1, 0.15) is 0 Å². The van der Waals surface area contributed by atoms with Gasteiger partial charge < -0.3 is 10.2 Å². The van der Waals surface area contributed by atoms with E-state index >= 15 is 0 Å². The van der Waals surface area contributed by atoms with Crippen LogP contribution in [-0.2, 0) is 0 Å². The minimum Gasteiger partial charge on any atom is -0.371 e. The molecular formula is C21H26FN5O. The van der Waals surface area contributed by atoms with Crippen LogP contribution < -0.4 is 5.32 Å². The lowest BCUT2D eigenvalue weighted by molar-refractivity contribution is 0.00213. The first-order chi connectivity index (χ1) is 13.6. The fourth-order valence-electron chi connectivity index (χ4n) is 4.12. The van der Waals surface area contributed by atoms with Crippen molar-refractivity contribution >= 4 is 11.7 Å². The number of nitrogens with one attached hydrogen (secondary N) is 1. The van der Waals surface area contributed by atoms with Crippen LogP contribution in [0.15, 0.2) is 30.5 Å². The lowest BCUT2D eigenvalue weighted by atomic mass is 9.97. The van der Waals surface area contributed by atoms with E-state index in [0.717, 1.165) is 31.4 Å². The highest BCUT2D eigenvalue weighted by Gasteiger charge is 2.37. The first kappa shape index (κ1) is 18.8. The summed E-state index contributed by atoms with van der Waals surface area (Å²) in [6.07, 6.45) is 4.98. The topological polar surface area (TPSA) is 61.4 Å². The normalized spacial score (nSPS) is 20.7. The quantitative estimate of drug-likeness (QED) is 0.879. The second kappa shape index (κ2) is 7.83. The number of anilines is 1. The lowest BCUT2D eigenvalue weighted by Crippen LogP contribution is -2.63. The Kier molecular flexibility index (Phi) is 5.26. The number of hydrogen-bond donors (Lipinski definition) is 1. The third kappa shape index (κ3) is 3.58. The Hall–Kier alpha value is -2.54. The van der Waals surface area contributed by atoms with Crippen molar-refractivity contribution in [2.24, 2.45) is 0 Å². The van der Waals surface area contributed by atoms with Crippen molar-refractivity contribution in [3.05, 3.63) is 41.8 Å². The molecule has 1 unspecified atom stereocenters. The second-order valence-corrected chi connectivity index (χ2v) is 7.66. The van der Waals surface area contributed by atoms with Gasteiger partial charge in [-0.1, -0.05) is 18.6 Å². The summed E-state index contributed by atoms with van der Waals surface area (Å²) in [7, 11) is 1.61. The van der Waals surface area contributed by atoms with Crippen LogP contribution in [0.4, 0.5) is 10.2 Å². The number of hydrogen-bond acceptors (Lipinski definition) is 5. The Morgan fingerprint density at radius 2 is 1.96 bits per heavy atom. The molecule has 1 atom stereocenters. The maximum atomic E-state index is 13.5. The Morgan fingerprint density at radius 3 is 2.64 bits per heavy atom. The third-order valence-electron chi connectivity index (χ3n) is 5.84. The van der Waals surface area contributed by atoms with E-state index in [-0.39, 0.29) is 11.7 Å². The fraction of sp³-hybridized carbons (Fsp3) is 0.476. The molecule has 4 rings (SSSR count). The molecule has 0 spiro atoms. The van der Waals surface area contributed by atoms with E-state index < -0.39 is 5.82 Å². The number of nitrogens with zero attached hydrogens (tertiary/aromatic N) is 4. The van der Waals surface area contributed by atoms with E-state index in [4.69, 9.17) is 0 Å². The molecule has 148 valence electrons. The number of amides is 1. The van der Waals surface area contributed by atoms with Crippen LogP contribution in [0, 0.1) is 5.82 Å². The van der Waals surface area contributed by atoms with Gasteiger partial charge in [-0.3, -0.25) is 9.69 Å². The highest BCUT2D eigenvalue weighted by atomic mass is 19.1. The molecule has 1 aromatic carbocycles. The average molecular weight is 383 g/mol. The number of benzene rings is 1. The lowest BCUT2D eigenvalue weighted by Gasteiger charge is -2.49. The summed E-state index contributed by atoms with van der Waals surface area (Å²) >= 11 is 0. The largest absolute Gasteiger partial charge is 0.371 e. The van der Waals surface area contributed by atoms with E-state index in [1.165, 1.54) is 19.3 Å². The van der Waals surface area contributed by atoms with Gasteiger partial charge in [0, 0.05) is 43.3 Å². The third-order valence-corrected chi connectivity index (χ3v) is 5.84. The Labute approximate surface area is 164 Å². The molecular weight excluding hydrogens is 357 g/mol. The Morgan fingerprint density at radius 1 is 1.21 bits per heavy atom. The predicted molar refractivity (Wildman–Crippen MR) is 107 cm³/mol. The highest BCUT2D eigenvalue weighted by Crippen LogP contribution is 2.26. The van der Waals surface area contributed by atoms with Crippen LogP contribution in [0.3, 0.4) is 0 Å². The van der Waals surface area contributed by atoms with Crippen LogP contribution >= 0.6 is 0 Å². The summed E-state index contributed by atoms with van der Waals surface area (Å²) in [6, 6.07) is 8.31. The first-order valence-corrected chi connectivity index (χ1v) is 9.92. The van der Waals surface area contributed by atoms with E-state index in [1.807, 2.05) is 17.0 Å². The van der Waals surface area contributed by atoms with Gasteiger partial charge in [-0.05, 0) is 38.4 Å². The molecule has 2 fully saturated rings. The molecule has 28 heavy (non-hydrogen) atoms. The summed E-state index contributed by atoms with van der Waals surface area (Å²) in [5.41, 5.74) is 1.40. The van der Waals surface area contributed by atoms with Crippen molar-refractivity contribution in [1.29, 1.82) is 0 Å². The van der Waals surface area contributed by atoms with Gasteiger partial charge in [0.2, 0.25) is 0 Å². The number of likely N-dealkylation sites (tertiary alicyclic amines) is 2. The molecule has 1 amide bonds. The van der Waals surface area contributed by atoms with E-state index in [0.29, 0.717) is 23.5 Å². The smallest absolute Gasteiger partial charge is 0.253 e. The molecule has 1 N–H and O–H groups in total. The van der Waals surface area contributed by atoms with Crippen molar-refractivity contribution in [3.8, 4) is 11.4 Å². The van der Waals surface area contributed by atoms with Crippen molar-refractivity contribution in [3.63, 3.8) is 0 Å². The molecule has 2 aliphatic heterocycles. The molecule has 2 saturated heterocycles.